The van der Waals surface area contributed by atoms with Gasteiger partial charge in [0.15, 0.2) is 18.9 Å². The molecule has 3 fully saturated rings. The van der Waals surface area contributed by atoms with Gasteiger partial charge in [-0.3, -0.25) is 14.4 Å². The van der Waals surface area contributed by atoms with Crippen LogP contribution in [0.4, 0.5) is 0 Å². The van der Waals surface area contributed by atoms with Gasteiger partial charge in [-0.1, -0.05) is 0 Å². The SMILES string of the molecule is CC(=O)N[C@H]1[C@H](O[C@H]2[C@@H](O)[C@@H](O)[C@H](O[C@@H]3[C@@H](O)[C@@H](O)[C@@H](C)O[C@H]3O)O[C@@H]2COC(C)=O)O[C@H](COC(C)=O)[C@@H](O)[C@H]1O. The topological polar surface area (TPSA) is 269 Å². The quantitative estimate of drug-likeness (QED) is 0.113. The molecule has 242 valence electrons. The average Bonchev–Trinajstić information content (AvgIpc) is 2.91. The molecule has 3 rings (SSSR count). The summed E-state index contributed by atoms with van der Waals surface area (Å²) in [6.07, 6.45) is -22.6. The van der Waals surface area contributed by atoms with Crippen LogP contribution >= 0.6 is 0 Å². The summed E-state index contributed by atoms with van der Waals surface area (Å²) >= 11 is 0. The highest BCUT2D eigenvalue weighted by Crippen LogP contribution is 2.32. The van der Waals surface area contributed by atoms with Gasteiger partial charge in [0.05, 0.1) is 6.10 Å². The highest BCUT2D eigenvalue weighted by atomic mass is 16.8. The van der Waals surface area contributed by atoms with Gasteiger partial charge in [-0.15, -0.1) is 0 Å². The number of nitrogens with one attached hydrogen (secondary N) is 1. The maximum absolute atomic E-state index is 11.8. The normalized spacial score (nSPS) is 44.2. The molecule has 0 spiro atoms. The van der Waals surface area contributed by atoms with Crippen molar-refractivity contribution in [3.63, 3.8) is 0 Å². The van der Waals surface area contributed by atoms with Crippen LogP contribution in [0.5, 0.6) is 0 Å². The molecule has 0 saturated carbocycles. The van der Waals surface area contributed by atoms with E-state index >= 15 is 0 Å². The van der Waals surface area contributed by atoms with Crippen molar-refractivity contribution < 1.29 is 83.3 Å². The second-order valence-corrected chi connectivity index (χ2v) is 10.3. The highest BCUT2D eigenvalue weighted by molar-refractivity contribution is 5.73. The summed E-state index contributed by atoms with van der Waals surface area (Å²) < 4.78 is 37.7. The largest absolute Gasteiger partial charge is 0.463 e. The monoisotopic (exact) mass is 613 g/mol. The summed E-state index contributed by atoms with van der Waals surface area (Å²) in [5.41, 5.74) is 0. The Morgan fingerprint density at radius 3 is 1.74 bits per heavy atom. The van der Waals surface area contributed by atoms with E-state index in [9.17, 15) is 50.1 Å². The van der Waals surface area contributed by atoms with E-state index in [2.05, 4.69) is 5.32 Å². The number of ether oxygens (including phenoxy) is 7. The molecule has 3 aliphatic heterocycles. The minimum atomic E-state index is -1.95. The van der Waals surface area contributed by atoms with E-state index in [1.807, 2.05) is 0 Å². The van der Waals surface area contributed by atoms with Crippen LogP contribution in [0.15, 0.2) is 0 Å². The molecule has 3 aliphatic rings. The van der Waals surface area contributed by atoms with Crippen LogP contribution in [-0.4, -0.2) is 159 Å². The summed E-state index contributed by atoms with van der Waals surface area (Å²) in [6, 6.07) is -1.44. The molecule has 0 bridgehead atoms. The van der Waals surface area contributed by atoms with E-state index in [0.717, 1.165) is 20.8 Å². The van der Waals surface area contributed by atoms with E-state index in [0.29, 0.717) is 0 Å². The van der Waals surface area contributed by atoms with Gasteiger partial charge in [0, 0.05) is 20.8 Å². The number of hydrogen-bond acceptors (Lipinski definition) is 17. The Balaban J connectivity index is 1.85. The van der Waals surface area contributed by atoms with E-state index in [-0.39, 0.29) is 0 Å². The lowest BCUT2D eigenvalue weighted by Crippen LogP contribution is -2.68. The van der Waals surface area contributed by atoms with Crippen molar-refractivity contribution in [3.05, 3.63) is 0 Å². The van der Waals surface area contributed by atoms with Crippen LogP contribution in [-0.2, 0) is 47.5 Å². The predicted octanol–water partition coefficient (Wildman–Crippen LogP) is -5.26. The number of amides is 1. The molecule has 0 aromatic heterocycles. The van der Waals surface area contributed by atoms with Crippen molar-refractivity contribution in [2.24, 2.45) is 0 Å². The Morgan fingerprint density at radius 2 is 1.17 bits per heavy atom. The molecule has 3 saturated heterocycles. The summed E-state index contributed by atoms with van der Waals surface area (Å²) in [4.78, 5) is 34.7. The third-order valence-electron chi connectivity index (χ3n) is 7.00. The van der Waals surface area contributed by atoms with Gasteiger partial charge in [0.25, 0.3) is 0 Å². The summed E-state index contributed by atoms with van der Waals surface area (Å²) in [5.74, 6) is -2.13. The fourth-order valence-corrected chi connectivity index (χ4v) is 4.77. The van der Waals surface area contributed by atoms with Crippen LogP contribution in [0.2, 0.25) is 0 Å². The Labute approximate surface area is 240 Å². The fraction of sp³-hybridized carbons (Fsp3) is 0.875. The zero-order valence-corrected chi connectivity index (χ0v) is 23.3. The van der Waals surface area contributed by atoms with E-state index in [1.54, 1.807) is 0 Å². The second kappa shape index (κ2) is 14.6. The summed E-state index contributed by atoms with van der Waals surface area (Å²) in [6.45, 7) is 3.60. The summed E-state index contributed by atoms with van der Waals surface area (Å²) in [5, 5.41) is 76.2. The Bertz CT molecular complexity index is 937. The molecular weight excluding hydrogens is 574 g/mol. The van der Waals surface area contributed by atoms with Crippen molar-refractivity contribution >= 4 is 17.8 Å². The van der Waals surface area contributed by atoms with E-state index in [4.69, 9.17) is 33.2 Å². The van der Waals surface area contributed by atoms with Gasteiger partial charge in [-0.05, 0) is 6.92 Å². The molecule has 18 heteroatoms. The summed E-state index contributed by atoms with van der Waals surface area (Å²) in [7, 11) is 0. The van der Waals surface area contributed by atoms with Gasteiger partial charge >= 0.3 is 11.9 Å². The van der Waals surface area contributed by atoms with Gasteiger partial charge < -0.3 is 74.2 Å². The molecule has 8 N–H and O–H groups in total. The number of hydrogen-bond donors (Lipinski definition) is 8. The minimum absolute atomic E-state index is 0.516. The van der Waals surface area contributed by atoms with Gasteiger partial charge in [-0.2, -0.15) is 0 Å². The van der Waals surface area contributed by atoms with E-state index in [1.165, 1.54) is 6.92 Å². The smallest absolute Gasteiger partial charge is 0.302 e. The molecule has 0 aliphatic carbocycles. The van der Waals surface area contributed by atoms with Crippen LogP contribution in [0.25, 0.3) is 0 Å². The predicted molar refractivity (Wildman–Crippen MR) is 131 cm³/mol. The number of carbonyl (C=O) groups is 3. The molecule has 15 atom stereocenters. The first-order chi connectivity index (χ1) is 19.6. The third kappa shape index (κ3) is 8.10. The maximum atomic E-state index is 11.8. The van der Waals surface area contributed by atoms with Crippen LogP contribution in [0.3, 0.4) is 0 Å². The molecule has 42 heavy (non-hydrogen) atoms. The highest BCUT2D eigenvalue weighted by Gasteiger charge is 2.53. The number of rotatable bonds is 9. The molecule has 0 radical (unpaired) electrons. The van der Waals surface area contributed by atoms with Crippen molar-refractivity contribution in [2.75, 3.05) is 13.2 Å². The fourth-order valence-electron chi connectivity index (χ4n) is 4.77. The molecule has 0 unspecified atom stereocenters. The first-order valence-electron chi connectivity index (χ1n) is 13.2. The molecule has 0 aromatic carbocycles. The first kappa shape index (κ1) is 34.4. The second-order valence-electron chi connectivity index (χ2n) is 10.3. The molecule has 18 nitrogen and oxygen atoms in total. The van der Waals surface area contributed by atoms with Crippen molar-refractivity contribution in [2.45, 2.75) is 120 Å². The third-order valence-corrected chi connectivity index (χ3v) is 7.00. The number of aliphatic hydroxyl groups excluding tert-OH is 7. The Hall–Kier alpha value is -2.07. The minimum Gasteiger partial charge on any atom is -0.463 e. The standard InChI is InChI=1S/C24H39NO17/c1-7-14(29)17(32)21(22(35)38-7)42-24-19(34)18(33)20(12(40-24)6-37-10(4)28)41-23-13(25-8(2)26)16(31)15(30)11(39-23)5-36-9(3)27/h7,11-24,29-35H,5-6H2,1-4H3,(H,25,26)/t7-,11-,12-,13-,14+,15-,16+,17+,18+,19-,20-,21-,22-,23+,24+/m1/s1. The van der Waals surface area contributed by atoms with Crippen LogP contribution < -0.4 is 5.32 Å². The van der Waals surface area contributed by atoms with Crippen LogP contribution in [0.1, 0.15) is 27.7 Å². The molecule has 0 aromatic rings. The number of esters is 2. The Morgan fingerprint density at radius 1 is 0.643 bits per heavy atom. The van der Waals surface area contributed by atoms with E-state index < -0.39 is 123 Å². The number of carbonyl (C=O) groups excluding carboxylic acids is 3. The van der Waals surface area contributed by atoms with Gasteiger partial charge in [-0.25, -0.2) is 0 Å². The maximum Gasteiger partial charge on any atom is 0.302 e. The number of aliphatic hydroxyl groups is 7. The zero-order chi connectivity index (χ0) is 31.5. The van der Waals surface area contributed by atoms with Crippen molar-refractivity contribution in [3.8, 4) is 0 Å². The first-order valence-corrected chi connectivity index (χ1v) is 13.2. The average molecular weight is 614 g/mol. The zero-order valence-electron chi connectivity index (χ0n) is 23.3. The lowest BCUT2D eigenvalue weighted by molar-refractivity contribution is -0.375. The Kier molecular flexibility index (Phi) is 12.0. The lowest BCUT2D eigenvalue weighted by atomic mass is 9.95. The van der Waals surface area contributed by atoms with Crippen molar-refractivity contribution in [1.29, 1.82) is 0 Å². The molecule has 1 amide bonds. The van der Waals surface area contributed by atoms with Crippen LogP contribution in [0, 0.1) is 0 Å². The molecule has 3 heterocycles. The molecular formula is C24H39NO17. The van der Waals surface area contributed by atoms with Gasteiger partial charge in [0.1, 0.15) is 80.3 Å². The van der Waals surface area contributed by atoms with Gasteiger partial charge in [0.2, 0.25) is 5.91 Å². The van der Waals surface area contributed by atoms with Crippen molar-refractivity contribution in [1.82, 2.24) is 5.32 Å². The lowest BCUT2D eigenvalue weighted by Gasteiger charge is -2.48.